The Hall–Kier alpha value is -3.16. The third kappa shape index (κ3) is 3.74. The zero-order valence-electron chi connectivity index (χ0n) is 14.7. The largest absolute Gasteiger partial charge is 0.361 e. The molecule has 136 valence electrons. The summed E-state index contributed by atoms with van der Waals surface area (Å²) in [5.41, 5.74) is 3.04. The third-order valence-electron chi connectivity index (χ3n) is 4.30. The van der Waals surface area contributed by atoms with E-state index in [1.54, 1.807) is 24.3 Å². The van der Waals surface area contributed by atoms with E-state index in [1.807, 2.05) is 13.8 Å². The minimum atomic E-state index is -0.452. The quantitative estimate of drug-likeness (QED) is 0.606. The van der Waals surface area contributed by atoms with Gasteiger partial charge in [0.2, 0.25) is 5.91 Å². The van der Waals surface area contributed by atoms with Gasteiger partial charge in [-0.15, -0.1) is 0 Å². The van der Waals surface area contributed by atoms with E-state index in [0.717, 1.165) is 29.9 Å². The van der Waals surface area contributed by atoms with Crippen LogP contribution in [0, 0.1) is 13.8 Å². The Kier molecular flexibility index (Phi) is 5.01. The average molecular weight is 356 g/mol. The van der Waals surface area contributed by atoms with Crippen LogP contribution in [0.5, 0.6) is 0 Å². The predicted molar refractivity (Wildman–Crippen MR) is 94.0 cm³/mol. The fourth-order valence-corrected chi connectivity index (χ4v) is 2.87. The van der Waals surface area contributed by atoms with Crippen molar-refractivity contribution in [2.45, 2.75) is 26.7 Å². The molecule has 0 atom stereocenters. The fourth-order valence-electron chi connectivity index (χ4n) is 2.87. The van der Waals surface area contributed by atoms with E-state index >= 15 is 0 Å². The number of rotatable bonds is 6. The molecule has 1 fully saturated rings. The Morgan fingerprint density at radius 3 is 2.58 bits per heavy atom. The van der Waals surface area contributed by atoms with Crippen LogP contribution in [0.1, 0.15) is 33.8 Å². The predicted octanol–water partition coefficient (Wildman–Crippen LogP) is 1.71. The molecular weight excluding hydrogens is 336 g/mol. The van der Waals surface area contributed by atoms with Crippen molar-refractivity contribution >= 4 is 23.5 Å². The molecular formula is C18H20N4O4. The van der Waals surface area contributed by atoms with Gasteiger partial charge >= 0.3 is 6.03 Å². The Bertz CT molecular complexity index is 822. The number of urea groups is 1. The molecule has 3 rings (SSSR count). The second-order valence-corrected chi connectivity index (χ2v) is 6.15. The van der Waals surface area contributed by atoms with Gasteiger partial charge < -0.3 is 9.84 Å². The summed E-state index contributed by atoms with van der Waals surface area (Å²) in [6.07, 6.45) is 1.57. The number of hydrogen-bond donors (Lipinski definition) is 2. The molecule has 1 aliphatic heterocycles. The van der Waals surface area contributed by atoms with Crippen molar-refractivity contribution in [2.75, 3.05) is 18.0 Å². The number of carbonyl (C=O) groups excluding carboxylic acids is 3. The number of nitrogens with zero attached hydrogens (tertiary/aromatic N) is 2. The van der Waals surface area contributed by atoms with Crippen molar-refractivity contribution in [3.8, 4) is 0 Å². The summed E-state index contributed by atoms with van der Waals surface area (Å²) in [7, 11) is 0. The van der Waals surface area contributed by atoms with Gasteiger partial charge in [-0.2, -0.15) is 0 Å². The minimum absolute atomic E-state index is 0.00786. The standard InChI is InChI=1S/C18H20N4O4/c1-11-15(12(2)26-21-11)4-3-9-19-17(24)13-5-7-14(8-6-13)22-10-16(23)20-18(22)25/h5-8H,3-4,9-10H2,1-2H3,(H,19,24)(H,20,23,25). The van der Waals surface area contributed by atoms with Crippen molar-refractivity contribution in [2.24, 2.45) is 0 Å². The lowest BCUT2D eigenvalue weighted by atomic mass is 10.1. The maximum absolute atomic E-state index is 12.2. The number of aromatic nitrogens is 1. The average Bonchev–Trinajstić information content (AvgIpc) is 3.13. The summed E-state index contributed by atoms with van der Waals surface area (Å²) in [6, 6.07) is 6.12. The van der Waals surface area contributed by atoms with Crippen LogP contribution in [-0.4, -0.2) is 36.1 Å². The molecule has 0 unspecified atom stereocenters. The molecule has 2 heterocycles. The maximum atomic E-state index is 12.2. The monoisotopic (exact) mass is 356 g/mol. The lowest BCUT2D eigenvalue weighted by molar-refractivity contribution is -0.117. The number of anilines is 1. The van der Waals surface area contributed by atoms with E-state index in [9.17, 15) is 14.4 Å². The third-order valence-corrected chi connectivity index (χ3v) is 4.30. The highest BCUT2D eigenvalue weighted by Gasteiger charge is 2.27. The smallest absolute Gasteiger partial charge is 0.329 e. The fraction of sp³-hybridized carbons (Fsp3) is 0.333. The highest BCUT2D eigenvalue weighted by molar-refractivity contribution is 6.12. The van der Waals surface area contributed by atoms with E-state index in [4.69, 9.17) is 4.52 Å². The lowest BCUT2D eigenvalue weighted by Crippen LogP contribution is -2.28. The molecule has 2 N–H and O–H groups in total. The number of imide groups is 1. The Balaban J connectivity index is 1.50. The van der Waals surface area contributed by atoms with E-state index in [0.29, 0.717) is 17.8 Å². The summed E-state index contributed by atoms with van der Waals surface area (Å²) < 4.78 is 5.12. The van der Waals surface area contributed by atoms with Crippen molar-refractivity contribution in [1.82, 2.24) is 15.8 Å². The number of benzene rings is 1. The maximum Gasteiger partial charge on any atom is 0.329 e. The molecule has 0 aliphatic carbocycles. The van der Waals surface area contributed by atoms with Gasteiger partial charge in [-0.1, -0.05) is 5.16 Å². The molecule has 0 spiro atoms. The van der Waals surface area contributed by atoms with Gasteiger partial charge in [-0.25, -0.2) is 4.79 Å². The van der Waals surface area contributed by atoms with Crippen molar-refractivity contribution in [3.05, 3.63) is 46.8 Å². The summed E-state index contributed by atoms with van der Waals surface area (Å²) in [5, 5.41) is 8.99. The molecule has 1 aromatic heterocycles. The number of carbonyl (C=O) groups is 3. The van der Waals surface area contributed by atoms with E-state index in [2.05, 4.69) is 15.8 Å². The molecule has 0 saturated carbocycles. The number of hydrogen-bond acceptors (Lipinski definition) is 5. The SMILES string of the molecule is Cc1noc(C)c1CCCNC(=O)c1ccc(N2CC(=O)NC2=O)cc1. The first-order valence-corrected chi connectivity index (χ1v) is 8.37. The van der Waals surface area contributed by atoms with Gasteiger partial charge in [0.25, 0.3) is 5.91 Å². The molecule has 1 saturated heterocycles. The van der Waals surface area contributed by atoms with Crippen LogP contribution in [0.15, 0.2) is 28.8 Å². The molecule has 8 heteroatoms. The highest BCUT2D eigenvalue weighted by Crippen LogP contribution is 2.18. The first-order valence-electron chi connectivity index (χ1n) is 8.37. The highest BCUT2D eigenvalue weighted by atomic mass is 16.5. The van der Waals surface area contributed by atoms with Gasteiger partial charge in [0, 0.05) is 23.4 Å². The lowest BCUT2D eigenvalue weighted by Gasteiger charge is -2.13. The van der Waals surface area contributed by atoms with Gasteiger partial charge in [0.1, 0.15) is 12.3 Å². The molecule has 1 aromatic carbocycles. The first kappa shape index (κ1) is 17.7. The molecule has 8 nitrogen and oxygen atoms in total. The normalized spacial score (nSPS) is 13.8. The molecule has 0 bridgehead atoms. The van der Waals surface area contributed by atoms with E-state index in [1.165, 1.54) is 4.90 Å². The van der Waals surface area contributed by atoms with Crippen molar-refractivity contribution in [1.29, 1.82) is 0 Å². The van der Waals surface area contributed by atoms with E-state index < -0.39 is 6.03 Å². The Morgan fingerprint density at radius 1 is 1.27 bits per heavy atom. The summed E-state index contributed by atoms with van der Waals surface area (Å²) in [5.74, 6) is 0.293. The van der Waals surface area contributed by atoms with Gasteiger partial charge in [-0.3, -0.25) is 19.8 Å². The van der Waals surface area contributed by atoms with Crippen LogP contribution in [0.25, 0.3) is 0 Å². The second-order valence-electron chi connectivity index (χ2n) is 6.15. The molecule has 1 aliphatic rings. The van der Waals surface area contributed by atoms with Crippen LogP contribution < -0.4 is 15.5 Å². The van der Waals surface area contributed by atoms with Crippen LogP contribution in [0.3, 0.4) is 0 Å². The zero-order chi connectivity index (χ0) is 18.7. The van der Waals surface area contributed by atoms with Crippen LogP contribution in [0.4, 0.5) is 10.5 Å². The van der Waals surface area contributed by atoms with Crippen LogP contribution >= 0.6 is 0 Å². The summed E-state index contributed by atoms with van der Waals surface area (Å²) >= 11 is 0. The number of nitrogens with one attached hydrogen (secondary N) is 2. The summed E-state index contributed by atoms with van der Waals surface area (Å²) in [6.45, 7) is 4.31. The number of amides is 4. The molecule has 4 amide bonds. The van der Waals surface area contributed by atoms with E-state index in [-0.39, 0.29) is 18.4 Å². The zero-order valence-corrected chi connectivity index (χ0v) is 14.7. The van der Waals surface area contributed by atoms with Crippen molar-refractivity contribution in [3.63, 3.8) is 0 Å². The number of aryl methyl sites for hydroxylation is 2. The molecule has 0 radical (unpaired) electrons. The first-order chi connectivity index (χ1) is 12.5. The van der Waals surface area contributed by atoms with Gasteiger partial charge in [-0.05, 0) is 51.0 Å². The minimum Gasteiger partial charge on any atom is -0.361 e. The second kappa shape index (κ2) is 7.38. The van der Waals surface area contributed by atoms with Crippen molar-refractivity contribution < 1.29 is 18.9 Å². The Labute approximate surface area is 150 Å². The van der Waals surface area contributed by atoms with Gasteiger partial charge in [0.05, 0.1) is 5.69 Å². The van der Waals surface area contributed by atoms with Gasteiger partial charge in [0.15, 0.2) is 0 Å². The molecule has 2 aromatic rings. The van der Waals surface area contributed by atoms with Crippen LogP contribution in [0.2, 0.25) is 0 Å². The Morgan fingerprint density at radius 2 is 2.00 bits per heavy atom. The topological polar surface area (TPSA) is 105 Å². The summed E-state index contributed by atoms with van der Waals surface area (Å²) in [4.78, 5) is 36.4. The van der Waals surface area contributed by atoms with Crippen LogP contribution in [-0.2, 0) is 11.2 Å². The molecule has 26 heavy (non-hydrogen) atoms.